The number of methoxy groups -OCH3 is 1. The van der Waals surface area contributed by atoms with Crippen molar-refractivity contribution >= 4 is 23.2 Å². The highest BCUT2D eigenvalue weighted by atomic mass is 19.3. The molecule has 1 aliphatic heterocycles. The normalized spacial score (nSPS) is 15.4. The topological polar surface area (TPSA) is 93.1 Å². The van der Waals surface area contributed by atoms with Crippen LogP contribution in [0.2, 0.25) is 0 Å². The molecule has 10 heteroatoms. The zero-order valence-electron chi connectivity index (χ0n) is 20.4. The summed E-state index contributed by atoms with van der Waals surface area (Å²) in [5, 5.41) is 8.76. The highest BCUT2D eigenvalue weighted by Crippen LogP contribution is 2.33. The Balaban J connectivity index is 1.53. The van der Waals surface area contributed by atoms with E-state index in [-0.39, 0.29) is 42.2 Å². The Labute approximate surface area is 212 Å². The number of halogens is 2. The van der Waals surface area contributed by atoms with Crippen LogP contribution in [-0.4, -0.2) is 41.2 Å². The van der Waals surface area contributed by atoms with E-state index < -0.39 is 6.61 Å². The van der Waals surface area contributed by atoms with Gasteiger partial charge in [-0.15, -0.1) is 0 Å². The molecule has 1 aliphatic rings. The molecule has 1 atom stereocenters. The number of amides is 2. The minimum absolute atomic E-state index is 0.0978. The second kappa shape index (κ2) is 11.6. The quantitative estimate of drug-likeness (QED) is 0.434. The van der Waals surface area contributed by atoms with Crippen LogP contribution in [0.1, 0.15) is 41.4 Å². The van der Waals surface area contributed by atoms with Gasteiger partial charge >= 0.3 is 6.61 Å². The summed E-state index contributed by atoms with van der Waals surface area (Å²) in [6.45, 7) is -0.848. The van der Waals surface area contributed by atoms with Crippen molar-refractivity contribution < 1.29 is 27.8 Å². The number of rotatable bonds is 9. The molecular weight excluding hydrogens is 482 g/mol. The summed E-state index contributed by atoms with van der Waals surface area (Å²) in [7, 11) is 1.37. The number of carbonyl (C=O) groups excluding carboxylic acids is 2. The average Bonchev–Trinajstić information content (AvgIpc) is 2.90. The molecular formula is C27H26F2N4O4. The number of benzene rings is 2. The molecule has 8 nitrogen and oxygen atoms in total. The van der Waals surface area contributed by atoms with Crippen molar-refractivity contribution in [3.05, 3.63) is 83.7 Å². The summed E-state index contributed by atoms with van der Waals surface area (Å²) < 4.78 is 35.6. The van der Waals surface area contributed by atoms with Crippen LogP contribution in [0.3, 0.4) is 0 Å². The predicted octanol–water partition coefficient (Wildman–Crippen LogP) is 5.11. The number of anilines is 1. The first-order valence-electron chi connectivity index (χ1n) is 11.7. The van der Waals surface area contributed by atoms with Gasteiger partial charge in [0.05, 0.1) is 19.4 Å². The fourth-order valence-electron chi connectivity index (χ4n) is 4.02. The molecule has 0 saturated carbocycles. The van der Waals surface area contributed by atoms with Gasteiger partial charge < -0.3 is 14.8 Å². The van der Waals surface area contributed by atoms with E-state index in [1.807, 2.05) is 6.92 Å². The molecule has 37 heavy (non-hydrogen) atoms. The third kappa shape index (κ3) is 6.27. The second-order valence-corrected chi connectivity index (χ2v) is 8.36. The van der Waals surface area contributed by atoms with Crippen molar-refractivity contribution in [2.45, 2.75) is 32.9 Å². The summed E-state index contributed by atoms with van der Waals surface area (Å²) >= 11 is 0. The summed E-state index contributed by atoms with van der Waals surface area (Å²) in [5.74, 6) is -0.550. The lowest BCUT2D eigenvalue weighted by molar-refractivity contribution is -0.133. The van der Waals surface area contributed by atoms with E-state index in [9.17, 15) is 18.4 Å². The monoisotopic (exact) mass is 508 g/mol. The van der Waals surface area contributed by atoms with E-state index >= 15 is 0 Å². The molecule has 2 aromatic carbocycles. The lowest BCUT2D eigenvalue weighted by Gasteiger charge is -2.29. The fraction of sp³-hybridized carbons (Fsp3) is 0.259. The number of hydrazone groups is 1. The van der Waals surface area contributed by atoms with Crippen LogP contribution in [0.15, 0.2) is 72.0 Å². The molecule has 1 N–H and O–H groups in total. The Morgan fingerprint density at radius 2 is 1.92 bits per heavy atom. The van der Waals surface area contributed by atoms with Gasteiger partial charge in [0.1, 0.15) is 5.69 Å². The van der Waals surface area contributed by atoms with Crippen LogP contribution >= 0.6 is 0 Å². The van der Waals surface area contributed by atoms with E-state index in [1.165, 1.54) is 18.2 Å². The van der Waals surface area contributed by atoms with E-state index in [4.69, 9.17) is 4.74 Å². The molecule has 0 radical (unpaired) electrons. The highest BCUT2D eigenvalue weighted by molar-refractivity contribution is 6.06. The van der Waals surface area contributed by atoms with Crippen molar-refractivity contribution in [2.24, 2.45) is 11.0 Å². The molecule has 2 amide bonds. The van der Waals surface area contributed by atoms with Gasteiger partial charge in [0, 0.05) is 29.8 Å². The molecule has 0 aliphatic carbocycles. The van der Waals surface area contributed by atoms with E-state index in [1.54, 1.807) is 60.8 Å². The Kier molecular flexibility index (Phi) is 8.07. The number of alkyl halides is 2. The fourth-order valence-corrected chi connectivity index (χ4v) is 4.02. The largest absolute Gasteiger partial charge is 0.493 e. The van der Waals surface area contributed by atoms with Gasteiger partial charge in [0.15, 0.2) is 11.5 Å². The van der Waals surface area contributed by atoms with Crippen molar-refractivity contribution in [1.82, 2.24) is 9.99 Å². The maximum absolute atomic E-state index is 12.9. The summed E-state index contributed by atoms with van der Waals surface area (Å²) in [6, 6.07) is 16.9. The van der Waals surface area contributed by atoms with Gasteiger partial charge in [-0.05, 0) is 54.4 Å². The van der Waals surface area contributed by atoms with Crippen molar-refractivity contribution in [2.75, 3.05) is 12.4 Å². The maximum Gasteiger partial charge on any atom is 0.387 e. The first kappa shape index (κ1) is 25.7. The lowest BCUT2D eigenvalue weighted by Crippen LogP contribution is -2.36. The first-order chi connectivity index (χ1) is 17.9. The molecule has 192 valence electrons. The SMILES string of the molecule is CCC1CC(=O)N(Cc2ccc(NC(=O)c3ccccn3)cc2)N=C1c1ccc(OC)c(OC(F)F)c1. The van der Waals surface area contributed by atoms with Gasteiger partial charge in [-0.1, -0.05) is 25.1 Å². The van der Waals surface area contributed by atoms with Gasteiger partial charge in [0.25, 0.3) is 5.91 Å². The third-order valence-electron chi connectivity index (χ3n) is 5.93. The minimum atomic E-state index is -3.01. The van der Waals surface area contributed by atoms with Crippen LogP contribution in [0.5, 0.6) is 11.5 Å². The lowest BCUT2D eigenvalue weighted by atomic mass is 9.89. The smallest absolute Gasteiger partial charge is 0.387 e. The number of nitrogens with one attached hydrogen (secondary N) is 1. The second-order valence-electron chi connectivity index (χ2n) is 8.36. The molecule has 1 aromatic heterocycles. The Morgan fingerprint density at radius 1 is 1.14 bits per heavy atom. The van der Waals surface area contributed by atoms with E-state index in [2.05, 4.69) is 20.1 Å². The summed E-state index contributed by atoms with van der Waals surface area (Å²) in [5.41, 5.74) is 2.89. The number of ether oxygens (including phenoxy) is 2. The predicted molar refractivity (Wildman–Crippen MR) is 134 cm³/mol. The van der Waals surface area contributed by atoms with Crippen LogP contribution in [-0.2, 0) is 11.3 Å². The minimum Gasteiger partial charge on any atom is -0.493 e. The number of hydrogen-bond donors (Lipinski definition) is 1. The summed E-state index contributed by atoms with van der Waals surface area (Å²) in [6.07, 6.45) is 2.44. The number of pyridine rings is 1. The molecule has 3 aromatic rings. The number of aromatic nitrogens is 1. The third-order valence-corrected chi connectivity index (χ3v) is 5.93. The van der Waals surface area contributed by atoms with Gasteiger partial charge in [-0.25, -0.2) is 5.01 Å². The molecule has 4 rings (SSSR count). The Bertz CT molecular complexity index is 1280. The molecule has 1 unspecified atom stereocenters. The zero-order valence-corrected chi connectivity index (χ0v) is 20.4. The summed E-state index contributed by atoms with van der Waals surface area (Å²) in [4.78, 5) is 29.2. The number of carbonyl (C=O) groups is 2. The van der Waals surface area contributed by atoms with Gasteiger partial charge in [-0.3, -0.25) is 14.6 Å². The van der Waals surface area contributed by atoms with Crippen molar-refractivity contribution in [3.63, 3.8) is 0 Å². The standard InChI is InChI=1S/C27H26F2N4O4/c1-3-18-15-24(34)33(32-25(18)19-9-12-22(36-2)23(14-19)37-27(28)29)16-17-7-10-20(11-8-17)31-26(35)21-6-4-5-13-30-21/h4-14,18,27H,3,15-16H2,1-2H3,(H,31,35). The Hall–Kier alpha value is -4.34. The highest BCUT2D eigenvalue weighted by Gasteiger charge is 2.30. The van der Waals surface area contributed by atoms with Crippen LogP contribution < -0.4 is 14.8 Å². The Morgan fingerprint density at radius 3 is 2.57 bits per heavy atom. The van der Waals surface area contributed by atoms with Gasteiger partial charge in [0.2, 0.25) is 5.91 Å². The van der Waals surface area contributed by atoms with Crippen LogP contribution in [0.4, 0.5) is 14.5 Å². The van der Waals surface area contributed by atoms with Crippen molar-refractivity contribution in [3.8, 4) is 11.5 Å². The van der Waals surface area contributed by atoms with E-state index in [0.29, 0.717) is 29.1 Å². The molecule has 0 fully saturated rings. The van der Waals surface area contributed by atoms with Crippen LogP contribution in [0.25, 0.3) is 0 Å². The molecule has 0 saturated heterocycles. The first-order valence-corrected chi connectivity index (χ1v) is 11.7. The molecule has 2 heterocycles. The zero-order chi connectivity index (χ0) is 26.4. The number of hydrogen-bond acceptors (Lipinski definition) is 6. The van der Waals surface area contributed by atoms with E-state index in [0.717, 1.165) is 5.56 Å². The van der Waals surface area contributed by atoms with Gasteiger partial charge in [-0.2, -0.15) is 13.9 Å². The molecule has 0 bridgehead atoms. The van der Waals surface area contributed by atoms with Crippen LogP contribution in [0, 0.1) is 5.92 Å². The van der Waals surface area contributed by atoms with Crippen molar-refractivity contribution in [1.29, 1.82) is 0 Å². The molecule has 0 spiro atoms. The average molecular weight is 509 g/mol. The maximum atomic E-state index is 12.9. The number of nitrogens with zero attached hydrogens (tertiary/aromatic N) is 3.